The Labute approximate surface area is 124 Å². The minimum absolute atomic E-state index is 0.414. The van der Waals surface area contributed by atoms with E-state index in [0.29, 0.717) is 11.6 Å². The molecule has 3 rings (SSSR count). The molecule has 21 heavy (non-hydrogen) atoms. The number of pyridine rings is 1. The van der Waals surface area contributed by atoms with Gasteiger partial charge in [-0.2, -0.15) is 0 Å². The van der Waals surface area contributed by atoms with Crippen molar-refractivity contribution in [1.82, 2.24) is 4.98 Å². The molecule has 0 saturated carbocycles. The van der Waals surface area contributed by atoms with Gasteiger partial charge in [-0.3, -0.25) is 4.98 Å². The molecule has 3 nitrogen and oxygen atoms in total. The van der Waals surface area contributed by atoms with Crippen molar-refractivity contribution in [1.29, 1.82) is 0 Å². The van der Waals surface area contributed by atoms with E-state index >= 15 is 0 Å². The molecule has 0 aliphatic heterocycles. The third-order valence-electron chi connectivity index (χ3n) is 3.76. The lowest BCUT2D eigenvalue weighted by atomic mass is 10.0. The molecule has 0 fully saturated rings. The van der Waals surface area contributed by atoms with E-state index in [2.05, 4.69) is 41.5 Å². The fourth-order valence-corrected chi connectivity index (χ4v) is 2.51. The van der Waals surface area contributed by atoms with Gasteiger partial charge in [-0.15, -0.1) is 0 Å². The summed E-state index contributed by atoms with van der Waals surface area (Å²) in [6, 6.07) is 18.5. The molecule has 3 heteroatoms. The van der Waals surface area contributed by atoms with Gasteiger partial charge in [0.25, 0.3) is 0 Å². The molecule has 0 spiro atoms. The van der Waals surface area contributed by atoms with Gasteiger partial charge in [0.1, 0.15) is 0 Å². The lowest BCUT2D eigenvalue weighted by Gasteiger charge is -2.16. The largest absolute Gasteiger partial charge is 0.396 e. The molecule has 0 saturated heterocycles. The number of para-hydroxylation sites is 1. The fraction of sp³-hybridized carbons (Fsp3) is 0.167. The van der Waals surface area contributed by atoms with E-state index < -0.39 is 0 Å². The van der Waals surface area contributed by atoms with Crippen molar-refractivity contribution in [2.45, 2.75) is 12.8 Å². The lowest BCUT2D eigenvalue weighted by molar-refractivity contribution is 0.806. The quantitative estimate of drug-likeness (QED) is 0.757. The van der Waals surface area contributed by atoms with E-state index in [9.17, 15) is 0 Å². The molecule has 0 bridgehead atoms. The van der Waals surface area contributed by atoms with Crippen LogP contribution in [0.2, 0.25) is 0 Å². The van der Waals surface area contributed by atoms with Crippen LogP contribution in [-0.2, 0) is 0 Å². The standard InChI is InChI=1S/C18H19N3/c1-13(14-7-3-2-4-8-14)11-21-18-15-9-5-6-10-17(15)20-12-16(18)19/h2-10,12-13H,11,19H2,1H3,(H,20,21). The van der Waals surface area contributed by atoms with Gasteiger partial charge >= 0.3 is 0 Å². The Kier molecular flexibility index (Phi) is 3.73. The first-order chi connectivity index (χ1) is 10.3. The van der Waals surface area contributed by atoms with E-state index in [-0.39, 0.29) is 0 Å². The van der Waals surface area contributed by atoms with E-state index in [4.69, 9.17) is 5.73 Å². The molecule has 106 valence electrons. The van der Waals surface area contributed by atoms with Crippen LogP contribution in [0.25, 0.3) is 10.9 Å². The van der Waals surface area contributed by atoms with Crippen LogP contribution in [0.15, 0.2) is 60.8 Å². The Morgan fingerprint density at radius 1 is 1.05 bits per heavy atom. The smallest absolute Gasteiger partial charge is 0.0743 e. The highest BCUT2D eigenvalue weighted by Gasteiger charge is 2.09. The predicted molar refractivity (Wildman–Crippen MR) is 89.5 cm³/mol. The molecule has 0 radical (unpaired) electrons. The zero-order chi connectivity index (χ0) is 14.7. The highest BCUT2D eigenvalue weighted by molar-refractivity contribution is 5.96. The van der Waals surface area contributed by atoms with E-state index in [1.807, 2.05) is 30.3 Å². The average Bonchev–Trinajstić information content (AvgIpc) is 2.54. The number of nitrogens with zero attached hydrogens (tertiary/aromatic N) is 1. The van der Waals surface area contributed by atoms with Crippen molar-refractivity contribution in [2.24, 2.45) is 0 Å². The Balaban J connectivity index is 1.84. The highest BCUT2D eigenvalue weighted by atomic mass is 14.9. The van der Waals surface area contributed by atoms with Crippen LogP contribution in [0.5, 0.6) is 0 Å². The number of anilines is 2. The van der Waals surface area contributed by atoms with Crippen LogP contribution in [0.4, 0.5) is 11.4 Å². The number of hydrogen-bond acceptors (Lipinski definition) is 3. The Morgan fingerprint density at radius 2 is 1.76 bits per heavy atom. The minimum atomic E-state index is 0.414. The second kappa shape index (κ2) is 5.83. The molecule has 0 amide bonds. The summed E-state index contributed by atoms with van der Waals surface area (Å²) in [5, 5.41) is 4.56. The summed E-state index contributed by atoms with van der Waals surface area (Å²) < 4.78 is 0. The van der Waals surface area contributed by atoms with Gasteiger partial charge in [0, 0.05) is 11.9 Å². The average molecular weight is 277 g/mol. The zero-order valence-corrected chi connectivity index (χ0v) is 12.1. The molecule has 1 aromatic heterocycles. The summed E-state index contributed by atoms with van der Waals surface area (Å²) >= 11 is 0. The van der Waals surface area contributed by atoms with E-state index in [0.717, 1.165) is 23.1 Å². The van der Waals surface area contributed by atoms with Gasteiger partial charge in [0.05, 0.1) is 23.1 Å². The van der Waals surface area contributed by atoms with Crippen molar-refractivity contribution in [2.75, 3.05) is 17.6 Å². The summed E-state index contributed by atoms with van der Waals surface area (Å²) in [4.78, 5) is 4.36. The van der Waals surface area contributed by atoms with Crippen LogP contribution < -0.4 is 11.1 Å². The zero-order valence-electron chi connectivity index (χ0n) is 12.1. The minimum Gasteiger partial charge on any atom is -0.396 e. The van der Waals surface area contributed by atoms with Crippen molar-refractivity contribution in [3.63, 3.8) is 0 Å². The number of nitrogens with one attached hydrogen (secondary N) is 1. The van der Waals surface area contributed by atoms with Gasteiger partial charge in [-0.05, 0) is 17.5 Å². The molecule has 3 aromatic rings. The van der Waals surface area contributed by atoms with Crippen LogP contribution >= 0.6 is 0 Å². The molecule has 1 unspecified atom stereocenters. The maximum atomic E-state index is 6.09. The number of nitrogen functional groups attached to an aromatic ring is 1. The first-order valence-electron chi connectivity index (χ1n) is 7.18. The normalized spacial score (nSPS) is 12.2. The molecular formula is C18H19N3. The maximum Gasteiger partial charge on any atom is 0.0743 e. The summed E-state index contributed by atoms with van der Waals surface area (Å²) in [5.41, 5.74) is 10.0. The predicted octanol–water partition coefficient (Wildman–Crippen LogP) is 4.03. The van der Waals surface area contributed by atoms with Crippen LogP contribution in [0, 0.1) is 0 Å². The van der Waals surface area contributed by atoms with E-state index in [1.54, 1.807) is 6.20 Å². The first kappa shape index (κ1) is 13.4. The SMILES string of the molecule is CC(CNc1c(N)cnc2ccccc12)c1ccccc1. The van der Waals surface area contributed by atoms with Gasteiger partial charge in [-0.1, -0.05) is 55.5 Å². The fourth-order valence-electron chi connectivity index (χ4n) is 2.51. The van der Waals surface area contributed by atoms with Gasteiger partial charge in [-0.25, -0.2) is 0 Å². The van der Waals surface area contributed by atoms with Gasteiger partial charge < -0.3 is 11.1 Å². The molecule has 1 atom stereocenters. The molecule has 0 aliphatic rings. The third kappa shape index (κ3) is 2.82. The highest BCUT2D eigenvalue weighted by Crippen LogP contribution is 2.28. The summed E-state index contributed by atoms with van der Waals surface area (Å²) in [5.74, 6) is 0.414. The van der Waals surface area contributed by atoms with Crippen molar-refractivity contribution in [3.8, 4) is 0 Å². The van der Waals surface area contributed by atoms with Gasteiger partial charge in [0.15, 0.2) is 0 Å². The maximum absolute atomic E-state index is 6.09. The topological polar surface area (TPSA) is 50.9 Å². The number of aromatic nitrogens is 1. The molecular weight excluding hydrogens is 258 g/mol. The van der Waals surface area contributed by atoms with Crippen LogP contribution in [-0.4, -0.2) is 11.5 Å². The Bertz CT molecular complexity index is 738. The van der Waals surface area contributed by atoms with Crippen molar-refractivity contribution in [3.05, 3.63) is 66.4 Å². The number of fused-ring (bicyclic) bond motifs is 1. The van der Waals surface area contributed by atoms with Crippen molar-refractivity contribution < 1.29 is 0 Å². The number of rotatable bonds is 4. The summed E-state index contributed by atoms with van der Waals surface area (Å²) in [7, 11) is 0. The molecule has 1 heterocycles. The monoisotopic (exact) mass is 277 g/mol. The van der Waals surface area contributed by atoms with Crippen molar-refractivity contribution >= 4 is 22.3 Å². The number of nitrogens with two attached hydrogens (primary N) is 1. The van der Waals surface area contributed by atoms with Crippen LogP contribution in [0.3, 0.4) is 0 Å². The Hall–Kier alpha value is -2.55. The van der Waals surface area contributed by atoms with E-state index in [1.165, 1.54) is 5.56 Å². The summed E-state index contributed by atoms with van der Waals surface area (Å²) in [6.07, 6.45) is 1.72. The number of hydrogen-bond donors (Lipinski definition) is 2. The summed E-state index contributed by atoms with van der Waals surface area (Å²) in [6.45, 7) is 3.05. The molecule has 0 aliphatic carbocycles. The third-order valence-corrected chi connectivity index (χ3v) is 3.76. The number of benzene rings is 2. The molecule has 2 aromatic carbocycles. The van der Waals surface area contributed by atoms with Gasteiger partial charge in [0.2, 0.25) is 0 Å². The first-order valence-corrected chi connectivity index (χ1v) is 7.18. The second-order valence-corrected chi connectivity index (χ2v) is 5.30. The lowest BCUT2D eigenvalue weighted by Crippen LogP contribution is -2.11. The van der Waals surface area contributed by atoms with Crippen LogP contribution in [0.1, 0.15) is 18.4 Å². The second-order valence-electron chi connectivity index (χ2n) is 5.30. The molecule has 3 N–H and O–H groups in total. The Morgan fingerprint density at radius 3 is 2.57 bits per heavy atom.